The Kier molecular flexibility index (Phi) is 10.8. The van der Waals surface area contributed by atoms with Crippen LogP contribution in [-0.2, 0) is 14.3 Å². The van der Waals surface area contributed by atoms with E-state index in [-0.39, 0.29) is 5.91 Å². The van der Waals surface area contributed by atoms with Crippen molar-refractivity contribution in [2.24, 2.45) is 10.9 Å². The number of nitrogens with zero attached hydrogens (tertiary/aromatic N) is 3. The van der Waals surface area contributed by atoms with Gasteiger partial charge in [-0.05, 0) is 38.6 Å². The highest BCUT2D eigenvalue weighted by Crippen LogP contribution is 2.29. The number of rotatable bonds is 8. The second-order valence-electron chi connectivity index (χ2n) is 10.1. The fourth-order valence-corrected chi connectivity index (χ4v) is 4.98. The maximum absolute atomic E-state index is 13.6. The number of likely N-dealkylation sites (tertiary alicyclic amines) is 1. The summed E-state index contributed by atoms with van der Waals surface area (Å²) in [6.45, 7) is 5.42. The number of aliphatic imine (C=N–C) groups is 1. The molecule has 35 heavy (non-hydrogen) atoms. The third-order valence-corrected chi connectivity index (χ3v) is 7.20. The molecule has 3 rings (SSSR count). The molecule has 2 aliphatic heterocycles. The number of alkyl carbamates (subject to hydrolysis) is 1. The molecule has 1 aliphatic carbocycles. The monoisotopic (exact) mass is 490 g/mol. The quantitative estimate of drug-likeness (QED) is 0.350. The number of morpholine rings is 1. The van der Waals surface area contributed by atoms with E-state index in [1.807, 2.05) is 14.0 Å². The number of amides is 2. The summed E-state index contributed by atoms with van der Waals surface area (Å²) in [6, 6.07) is 1.65. The normalized spacial score (nSPS) is 24.7. The van der Waals surface area contributed by atoms with Crippen molar-refractivity contribution in [2.45, 2.75) is 82.4 Å². The first-order valence-electron chi connectivity index (χ1n) is 13.2. The Morgan fingerprint density at radius 3 is 2.66 bits per heavy atom. The first-order chi connectivity index (χ1) is 16.9. The average Bonchev–Trinajstić information content (AvgIpc) is 2.89. The lowest BCUT2D eigenvalue weighted by Crippen LogP contribution is -2.56. The third-order valence-electron chi connectivity index (χ3n) is 7.20. The van der Waals surface area contributed by atoms with Crippen LogP contribution in [0.4, 0.5) is 4.79 Å². The first kappa shape index (κ1) is 27.4. The number of hydrogen-bond donors (Lipinski definition) is 3. The molecule has 2 amide bonds. The lowest BCUT2D eigenvalue weighted by Gasteiger charge is -2.37. The van der Waals surface area contributed by atoms with Gasteiger partial charge in [-0.2, -0.15) is 5.26 Å². The molecule has 2 atom stereocenters. The van der Waals surface area contributed by atoms with Crippen molar-refractivity contribution < 1.29 is 19.1 Å². The molecule has 2 unspecified atom stereocenters. The van der Waals surface area contributed by atoms with Gasteiger partial charge in [0.15, 0.2) is 0 Å². The summed E-state index contributed by atoms with van der Waals surface area (Å²) in [5, 5.41) is 19.0. The van der Waals surface area contributed by atoms with Crippen LogP contribution >= 0.6 is 0 Å². The molecule has 10 heteroatoms. The first-order valence-corrected chi connectivity index (χ1v) is 13.2. The smallest absolute Gasteiger partial charge is 0.412 e. The minimum absolute atomic E-state index is 0.258. The van der Waals surface area contributed by atoms with Crippen molar-refractivity contribution in [3.63, 3.8) is 0 Å². The van der Waals surface area contributed by atoms with Gasteiger partial charge >= 0.3 is 6.09 Å². The maximum atomic E-state index is 13.6. The van der Waals surface area contributed by atoms with Gasteiger partial charge in [-0.1, -0.05) is 39.0 Å². The molecular formula is C25H42N6O4. The van der Waals surface area contributed by atoms with E-state index >= 15 is 0 Å². The van der Waals surface area contributed by atoms with Crippen molar-refractivity contribution in [3.05, 3.63) is 0 Å². The average molecular weight is 491 g/mol. The molecule has 0 radical (unpaired) electrons. The van der Waals surface area contributed by atoms with Crippen molar-refractivity contribution in [3.8, 4) is 6.07 Å². The predicted molar refractivity (Wildman–Crippen MR) is 133 cm³/mol. The van der Waals surface area contributed by atoms with Crippen LogP contribution in [0.15, 0.2) is 4.99 Å². The number of amidine groups is 1. The van der Waals surface area contributed by atoms with E-state index in [0.29, 0.717) is 57.2 Å². The van der Waals surface area contributed by atoms with E-state index in [9.17, 15) is 14.9 Å². The number of ether oxygens (including phenoxy) is 2. The minimum Gasteiger partial charge on any atom is -0.449 e. The van der Waals surface area contributed by atoms with Gasteiger partial charge in [0.05, 0.1) is 19.3 Å². The van der Waals surface area contributed by atoms with Crippen LogP contribution in [0.1, 0.15) is 64.7 Å². The van der Waals surface area contributed by atoms with Crippen LogP contribution in [0.2, 0.25) is 0 Å². The summed E-state index contributed by atoms with van der Waals surface area (Å²) in [5.74, 6) is 0.438. The van der Waals surface area contributed by atoms with Gasteiger partial charge in [-0.25, -0.2) is 4.79 Å². The molecule has 0 aromatic heterocycles. The van der Waals surface area contributed by atoms with Gasteiger partial charge in [-0.3, -0.25) is 15.1 Å². The molecular weight excluding hydrogens is 448 g/mol. The second-order valence-corrected chi connectivity index (χ2v) is 10.1. The molecule has 3 aliphatic rings. The van der Waals surface area contributed by atoms with E-state index in [2.05, 4.69) is 26.9 Å². The van der Waals surface area contributed by atoms with Gasteiger partial charge in [0.2, 0.25) is 5.91 Å². The van der Waals surface area contributed by atoms with Crippen molar-refractivity contribution in [2.75, 3.05) is 46.4 Å². The number of carbonyl (C=O) groups is 2. The lowest BCUT2D eigenvalue weighted by molar-refractivity contribution is -0.124. The summed E-state index contributed by atoms with van der Waals surface area (Å²) in [7, 11) is 2.02. The maximum Gasteiger partial charge on any atom is 0.412 e. The third kappa shape index (κ3) is 8.44. The minimum atomic E-state index is -0.888. The van der Waals surface area contributed by atoms with Crippen LogP contribution in [0.25, 0.3) is 0 Å². The topological polar surface area (TPSA) is 128 Å². The summed E-state index contributed by atoms with van der Waals surface area (Å²) in [6.07, 6.45) is 7.04. The summed E-state index contributed by atoms with van der Waals surface area (Å²) in [4.78, 5) is 33.0. The molecule has 0 aromatic carbocycles. The van der Waals surface area contributed by atoms with E-state index in [1.165, 1.54) is 6.42 Å². The molecule has 3 fully saturated rings. The Labute approximate surface area is 209 Å². The number of carbonyl (C=O) groups excluding carboxylic acids is 2. The molecule has 10 nitrogen and oxygen atoms in total. The van der Waals surface area contributed by atoms with E-state index in [1.54, 1.807) is 0 Å². The summed E-state index contributed by atoms with van der Waals surface area (Å²) in [5.41, 5.74) is -0.888. The van der Waals surface area contributed by atoms with Crippen LogP contribution in [0, 0.1) is 17.2 Å². The van der Waals surface area contributed by atoms with E-state index < -0.39 is 23.8 Å². The molecule has 0 aromatic rings. The number of nitriles is 1. The summed E-state index contributed by atoms with van der Waals surface area (Å²) < 4.78 is 11.1. The van der Waals surface area contributed by atoms with Crippen LogP contribution in [0.3, 0.4) is 0 Å². The van der Waals surface area contributed by atoms with Crippen LogP contribution in [0.5, 0.6) is 0 Å². The van der Waals surface area contributed by atoms with Gasteiger partial charge in [0.1, 0.15) is 23.5 Å². The molecule has 3 N–H and O–H groups in total. The molecule has 1 saturated carbocycles. The zero-order chi connectivity index (χ0) is 25.1. The van der Waals surface area contributed by atoms with E-state index in [4.69, 9.17) is 14.5 Å². The Morgan fingerprint density at radius 2 is 2.03 bits per heavy atom. The lowest BCUT2D eigenvalue weighted by atomic mass is 9.84. The number of piperidine rings is 1. The Balaban J connectivity index is 1.83. The van der Waals surface area contributed by atoms with Crippen molar-refractivity contribution in [1.82, 2.24) is 20.9 Å². The molecule has 2 heterocycles. The van der Waals surface area contributed by atoms with Gasteiger partial charge in [0, 0.05) is 26.2 Å². The Morgan fingerprint density at radius 1 is 1.29 bits per heavy atom. The number of nitrogens with one attached hydrogen (secondary N) is 3. The largest absolute Gasteiger partial charge is 0.449 e. The van der Waals surface area contributed by atoms with E-state index in [0.717, 1.165) is 45.3 Å². The molecule has 0 spiro atoms. The molecule has 2 saturated heterocycles. The SMILES string of the molecule is CCCOC(=O)NC(=NC(CC1CCCCC1)C(=O)NC1(C#N)CCN(C)CC1)C1CNCCO1. The molecule has 0 bridgehead atoms. The Hall–Kier alpha value is -2.22. The fourth-order valence-electron chi connectivity index (χ4n) is 4.98. The standard InChI is InChI=1S/C25H42N6O4/c1-3-14-35-24(33)29-22(21-17-27-11-15-34-21)28-20(16-19-7-5-4-6-8-19)23(32)30-25(18-26)9-12-31(2)13-10-25/h19-21,27H,3-17H2,1-2H3,(H,30,32)(H,28,29,33). The summed E-state index contributed by atoms with van der Waals surface area (Å²) >= 11 is 0. The second kappa shape index (κ2) is 13.8. The van der Waals surface area contributed by atoms with Crippen LogP contribution < -0.4 is 16.0 Å². The van der Waals surface area contributed by atoms with Crippen LogP contribution in [-0.4, -0.2) is 86.9 Å². The number of hydrogen-bond acceptors (Lipinski definition) is 8. The zero-order valence-electron chi connectivity index (χ0n) is 21.3. The van der Waals surface area contributed by atoms with Gasteiger partial charge in [0.25, 0.3) is 0 Å². The van der Waals surface area contributed by atoms with Crippen molar-refractivity contribution >= 4 is 17.8 Å². The van der Waals surface area contributed by atoms with Crippen molar-refractivity contribution in [1.29, 1.82) is 5.26 Å². The van der Waals surface area contributed by atoms with Gasteiger partial charge < -0.3 is 25.0 Å². The highest BCUT2D eigenvalue weighted by Gasteiger charge is 2.38. The Bertz CT molecular complexity index is 762. The zero-order valence-corrected chi connectivity index (χ0v) is 21.3. The highest BCUT2D eigenvalue weighted by atomic mass is 16.5. The molecule has 196 valence electrons. The fraction of sp³-hybridized carbons (Fsp3) is 0.840. The highest BCUT2D eigenvalue weighted by molar-refractivity contribution is 5.99. The predicted octanol–water partition coefficient (Wildman–Crippen LogP) is 1.95. The van der Waals surface area contributed by atoms with Gasteiger partial charge in [-0.15, -0.1) is 0 Å².